The van der Waals surface area contributed by atoms with Crippen molar-refractivity contribution in [1.82, 2.24) is 0 Å². The van der Waals surface area contributed by atoms with Gasteiger partial charge >= 0.3 is 0 Å². The van der Waals surface area contributed by atoms with Crippen molar-refractivity contribution in [3.05, 3.63) is 70.0 Å². The third-order valence-electron chi connectivity index (χ3n) is 2.95. The van der Waals surface area contributed by atoms with Crippen molar-refractivity contribution in [2.24, 2.45) is 4.99 Å². The van der Waals surface area contributed by atoms with Gasteiger partial charge < -0.3 is 9.52 Å². The lowest BCUT2D eigenvalue weighted by atomic mass is 10.2. The van der Waals surface area contributed by atoms with Crippen molar-refractivity contribution in [1.29, 1.82) is 0 Å². The van der Waals surface area contributed by atoms with Gasteiger partial charge in [-0.1, -0.05) is 12.1 Å². The van der Waals surface area contributed by atoms with E-state index in [4.69, 9.17) is 4.42 Å². The molecule has 0 spiro atoms. The molecule has 0 saturated heterocycles. The zero-order valence-corrected chi connectivity index (χ0v) is 13.2. The standard InChI is InChI=1S/C17H12INO2/c18-13-3-1-12(2-4-13)17-10-9-16(21-17)11-19-14-5-7-15(20)8-6-14/h1-11,20H. The number of rotatable bonds is 3. The van der Waals surface area contributed by atoms with Crippen LogP contribution < -0.4 is 0 Å². The van der Waals surface area contributed by atoms with Crippen LogP contribution in [0.25, 0.3) is 11.3 Å². The number of hydrogen-bond donors (Lipinski definition) is 1. The summed E-state index contributed by atoms with van der Waals surface area (Å²) in [7, 11) is 0. The molecule has 1 heterocycles. The second-order valence-corrected chi connectivity index (χ2v) is 5.73. The smallest absolute Gasteiger partial charge is 0.145 e. The summed E-state index contributed by atoms with van der Waals surface area (Å²) in [5.41, 5.74) is 1.81. The molecular weight excluding hydrogens is 377 g/mol. The minimum Gasteiger partial charge on any atom is -0.508 e. The lowest BCUT2D eigenvalue weighted by Crippen LogP contribution is -1.76. The van der Waals surface area contributed by atoms with Gasteiger partial charge in [-0.05, 0) is 71.1 Å². The van der Waals surface area contributed by atoms with Crippen LogP contribution in [-0.2, 0) is 0 Å². The number of benzene rings is 2. The summed E-state index contributed by atoms with van der Waals surface area (Å²) < 4.78 is 6.95. The quantitative estimate of drug-likeness (QED) is 0.506. The summed E-state index contributed by atoms with van der Waals surface area (Å²) in [4.78, 5) is 4.31. The molecule has 0 amide bonds. The van der Waals surface area contributed by atoms with Crippen LogP contribution in [0.1, 0.15) is 5.76 Å². The molecule has 4 heteroatoms. The molecule has 0 aliphatic carbocycles. The lowest BCUT2D eigenvalue weighted by molar-refractivity contribution is 0.475. The van der Waals surface area contributed by atoms with E-state index in [-0.39, 0.29) is 5.75 Å². The Morgan fingerprint density at radius 2 is 1.62 bits per heavy atom. The largest absolute Gasteiger partial charge is 0.508 e. The van der Waals surface area contributed by atoms with E-state index in [0.29, 0.717) is 5.76 Å². The van der Waals surface area contributed by atoms with E-state index in [2.05, 4.69) is 27.6 Å². The molecule has 104 valence electrons. The van der Waals surface area contributed by atoms with E-state index in [1.54, 1.807) is 30.5 Å². The fraction of sp³-hybridized carbons (Fsp3) is 0. The zero-order chi connectivity index (χ0) is 14.7. The molecule has 0 aliphatic rings. The first-order valence-electron chi connectivity index (χ1n) is 6.39. The average Bonchev–Trinajstić information content (AvgIpc) is 2.96. The number of aromatic hydroxyl groups is 1. The van der Waals surface area contributed by atoms with E-state index >= 15 is 0 Å². The van der Waals surface area contributed by atoms with Crippen LogP contribution in [0.4, 0.5) is 5.69 Å². The van der Waals surface area contributed by atoms with E-state index in [9.17, 15) is 5.11 Å². The molecule has 3 nitrogen and oxygen atoms in total. The number of furan rings is 1. The fourth-order valence-electron chi connectivity index (χ4n) is 1.87. The molecule has 0 unspecified atom stereocenters. The SMILES string of the molecule is Oc1ccc(N=Cc2ccc(-c3ccc(I)cc3)o2)cc1. The highest BCUT2D eigenvalue weighted by atomic mass is 127. The van der Waals surface area contributed by atoms with Crippen LogP contribution in [0.2, 0.25) is 0 Å². The van der Waals surface area contributed by atoms with Crippen molar-refractivity contribution in [3.63, 3.8) is 0 Å². The highest BCUT2D eigenvalue weighted by Gasteiger charge is 2.03. The van der Waals surface area contributed by atoms with Crippen LogP contribution in [0.3, 0.4) is 0 Å². The van der Waals surface area contributed by atoms with Gasteiger partial charge in [0.25, 0.3) is 0 Å². The van der Waals surface area contributed by atoms with Crippen LogP contribution >= 0.6 is 22.6 Å². The van der Waals surface area contributed by atoms with Crippen LogP contribution in [0.5, 0.6) is 5.75 Å². The Hall–Kier alpha value is -2.08. The summed E-state index contributed by atoms with van der Waals surface area (Å²) in [5.74, 6) is 1.74. The third kappa shape index (κ3) is 3.52. The molecule has 21 heavy (non-hydrogen) atoms. The zero-order valence-electron chi connectivity index (χ0n) is 11.0. The maximum Gasteiger partial charge on any atom is 0.145 e. The van der Waals surface area contributed by atoms with Crippen LogP contribution in [0.15, 0.2) is 70.1 Å². The first kappa shape index (κ1) is 13.9. The molecule has 0 aliphatic heterocycles. The first-order valence-corrected chi connectivity index (χ1v) is 7.47. The Bertz CT molecular complexity index is 758. The fourth-order valence-corrected chi connectivity index (χ4v) is 2.23. The minimum atomic E-state index is 0.230. The third-order valence-corrected chi connectivity index (χ3v) is 3.67. The highest BCUT2D eigenvalue weighted by molar-refractivity contribution is 14.1. The molecule has 0 atom stereocenters. The topological polar surface area (TPSA) is 45.7 Å². The first-order chi connectivity index (χ1) is 10.2. The monoisotopic (exact) mass is 389 g/mol. The second-order valence-electron chi connectivity index (χ2n) is 4.48. The van der Waals surface area contributed by atoms with Crippen molar-refractivity contribution in [2.45, 2.75) is 0 Å². The Balaban J connectivity index is 1.78. The molecular formula is C17H12INO2. The van der Waals surface area contributed by atoms with Crippen LogP contribution in [0, 0.1) is 3.57 Å². The minimum absolute atomic E-state index is 0.230. The molecule has 2 aromatic carbocycles. The predicted molar refractivity (Wildman–Crippen MR) is 92.2 cm³/mol. The van der Waals surface area contributed by atoms with Gasteiger partial charge in [0.2, 0.25) is 0 Å². The summed E-state index contributed by atoms with van der Waals surface area (Å²) in [5, 5.41) is 9.22. The van der Waals surface area contributed by atoms with Gasteiger partial charge in [-0.2, -0.15) is 0 Å². The maximum absolute atomic E-state index is 9.22. The Kier molecular flexibility index (Phi) is 4.06. The molecule has 1 N–H and O–H groups in total. The second kappa shape index (κ2) is 6.13. The van der Waals surface area contributed by atoms with Crippen molar-refractivity contribution in [3.8, 4) is 17.1 Å². The Labute approximate surface area is 136 Å². The molecule has 3 rings (SSSR count). The van der Waals surface area contributed by atoms with Crippen molar-refractivity contribution >= 4 is 34.5 Å². The number of nitrogens with zero attached hydrogens (tertiary/aromatic N) is 1. The molecule has 1 aromatic heterocycles. The highest BCUT2D eigenvalue weighted by Crippen LogP contribution is 2.23. The van der Waals surface area contributed by atoms with Gasteiger partial charge in [-0.15, -0.1) is 0 Å². The summed E-state index contributed by atoms with van der Waals surface area (Å²) in [6, 6.07) is 18.7. The summed E-state index contributed by atoms with van der Waals surface area (Å²) in [6.07, 6.45) is 1.67. The molecule has 0 bridgehead atoms. The lowest BCUT2D eigenvalue weighted by Gasteiger charge is -1.96. The number of halogens is 1. The van der Waals surface area contributed by atoms with Gasteiger partial charge in [-0.3, -0.25) is 4.99 Å². The van der Waals surface area contributed by atoms with Crippen LogP contribution in [-0.4, -0.2) is 11.3 Å². The molecule has 3 aromatic rings. The number of phenolic OH excluding ortho intramolecular Hbond substituents is 1. The van der Waals surface area contributed by atoms with Gasteiger partial charge in [0.1, 0.15) is 17.3 Å². The summed E-state index contributed by atoms with van der Waals surface area (Å²) >= 11 is 2.27. The molecule has 0 saturated carbocycles. The Morgan fingerprint density at radius 3 is 2.33 bits per heavy atom. The van der Waals surface area contributed by atoms with Gasteiger partial charge in [0.15, 0.2) is 0 Å². The summed E-state index contributed by atoms with van der Waals surface area (Å²) in [6.45, 7) is 0. The van der Waals surface area contributed by atoms with Gasteiger partial charge in [0.05, 0.1) is 11.9 Å². The van der Waals surface area contributed by atoms with E-state index < -0.39 is 0 Å². The van der Waals surface area contributed by atoms with E-state index in [0.717, 1.165) is 17.0 Å². The van der Waals surface area contributed by atoms with Crippen molar-refractivity contribution in [2.75, 3.05) is 0 Å². The van der Waals surface area contributed by atoms with Crippen molar-refractivity contribution < 1.29 is 9.52 Å². The maximum atomic E-state index is 9.22. The number of aliphatic imine (C=N–C) groups is 1. The predicted octanol–water partition coefficient (Wildman–Crippen LogP) is 5.01. The average molecular weight is 389 g/mol. The van der Waals surface area contributed by atoms with E-state index in [1.807, 2.05) is 36.4 Å². The van der Waals surface area contributed by atoms with Gasteiger partial charge in [-0.25, -0.2) is 0 Å². The number of phenols is 1. The normalized spacial score (nSPS) is 11.1. The Morgan fingerprint density at radius 1 is 0.905 bits per heavy atom. The molecule has 0 fully saturated rings. The van der Waals surface area contributed by atoms with E-state index in [1.165, 1.54) is 3.57 Å². The molecule has 0 radical (unpaired) electrons. The van der Waals surface area contributed by atoms with Gasteiger partial charge in [0, 0.05) is 9.13 Å². The number of hydrogen-bond acceptors (Lipinski definition) is 3.